The number of carbonyl (C=O) groups excluding carboxylic acids is 1. The van der Waals surface area contributed by atoms with Crippen LogP contribution in [-0.4, -0.2) is 31.7 Å². The lowest BCUT2D eigenvalue weighted by Crippen LogP contribution is -2.27. The molecule has 1 fully saturated rings. The highest BCUT2D eigenvalue weighted by Crippen LogP contribution is 2.27. The van der Waals surface area contributed by atoms with Crippen LogP contribution in [0.15, 0.2) is 40.6 Å². The quantitative estimate of drug-likeness (QED) is 0.882. The van der Waals surface area contributed by atoms with Crippen LogP contribution in [0.2, 0.25) is 0 Å². The summed E-state index contributed by atoms with van der Waals surface area (Å²) in [6.45, 7) is 1.27. The molecule has 0 unspecified atom stereocenters. The Morgan fingerprint density at radius 1 is 1.17 bits per heavy atom. The number of nitrogens with one attached hydrogen (secondary N) is 1. The maximum absolute atomic E-state index is 13.6. The molecular weight excluding hydrogens is 351 g/mol. The summed E-state index contributed by atoms with van der Waals surface area (Å²) in [4.78, 5) is 12.7. The van der Waals surface area contributed by atoms with Gasteiger partial charge in [0.2, 0.25) is 0 Å². The number of benzene rings is 1. The first-order valence-corrected chi connectivity index (χ1v) is 9.86. The molecule has 24 heavy (non-hydrogen) atoms. The molecule has 0 spiro atoms. The number of sulfonamides is 1. The van der Waals surface area contributed by atoms with E-state index in [0.29, 0.717) is 18.0 Å². The largest absolute Gasteiger partial charge is 0.347 e. The summed E-state index contributed by atoms with van der Waals surface area (Å²) >= 11 is 1.13. The zero-order chi connectivity index (χ0) is 17.2. The minimum Gasteiger partial charge on any atom is -0.347 e. The van der Waals surface area contributed by atoms with Gasteiger partial charge >= 0.3 is 0 Å². The predicted octanol–water partition coefficient (Wildman–Crippen LogP) is 2.60. The Hall–Kier alpha value is -1.77. The van der Waals surface area contributed by atoms with Crippen molar-refractivity contribution < 1.29 is 17.6 Å². The number of halogens is 1. The molecule has 5 nitrogen and oxygen atoms in total. The van der Waals surface area contributed by atoms with E-state index in [9.17, 15) is 17.6 Å². The number of thiophene rings is 1. The molecule has 0 bridgehead atoms. The highest BCUT2D eigenvalue weighted by atomic mass is 32.2. The highest BCUT2D eigenvalue weighted by Gasteiger charge is 2.28. The second kappa shape index (κ2) is 7.00. The van der Waals surface area contributed by atoms with Crippen molar-refractivity contribution in [2.75, 3.05) is 13.1 Å². The molecule has 0 saturated carbocycles. The molecule has 8 heteroatoms. The summed E-state index contributed by atoms with van der Waals surface area (Å²) in [6, 6.07) is 8.96. The molecule has 3 rings (SSSR count). The van der Waals surface area contributed by atoms with E-state index in [2.05, 4.69) is 5.32 Å². The minimum absolute atomic E-state index is 0.0287. The van der Waals surface area contributed by atoms with Gasteiger partial charge in [0.25, 0.3) is 15.9 Å². The summed E-state index contributed by atoms with van der Waals surface area (Å²) in [7, 11) is -3.44. The molecule has 1 aromatic heterocycles. The predicted molar refractivity (Wildman–Crippen MR) is 89.9 cm³/mol. The van der Waals surface area contributed by atoms with Crippen molar-refractivity contribution in [3.8, 4) is 0 Å². The number of hydrogen-bond donors (Lipinski definition) is 1. The summed E-state index contributed by atoms with van der Waals surface area (Å²) in [5, 5.41) is 2.61. The van der Waals surface area contributed by atoms with Gasteiger partial charge in [-0.2, -0.15) is 4.31 Å². The normalized spacial score (nSPS) is 15.5. The summed E-state index contributed by atoms with van der Waals surface area (Å²) in [6.07, 6.45) is 1.77. The summed E-state index contributed by atoms with van der Waals surface area (Å²) < 4.78 is 40.2. The Morgan fingerprint density at radius 2 is 1.88 bits per heavy atom. The van der Waals surface area contributed by atoms with E-state index in [1.807, 2.05) is 0 Å². The fourth-order valence-corrected chi connectivity index (χ4v) is 5.52. The molecule has 2 aromatic rings. The number of carbonyl (C=O) groups is 1. The molecule has 0 radical (unpaired) electrons. The third-order valence-corrected chi connectivity index (χ3v) is 7.29. The summed E-state index contributed by atoms with van der Waals surface area (Å²) in [5.74, 6) is -1.11. The van der Waals surface area contributed by atoms with Gasteiger partial charge in [-0.1, -0.05) is 12.1 Å². The van der Waals surface area contributed by atoms with Crippen molar-refractivity contribution in [2.24, 2.45) is 0 Å². The zero-order valence-electron chi connectivity index (χ0n) is 12.9. The van der Waals surface area contributed by atoms with Crippen molar-refractivity contribution in [3.05, 3.63) is 52.7 Å². The van der Waals surface area contributed by atoms with Gasteiger partial charge in [-0.15, -0.1) is 11.3 Å². The lowest BCUT2D eigenvalue weighted by Gasteiger charge is -2.13. The molecule has 1 saturated heterocycles. The monoisotopic (exact) mass is 368 g/mol. The molecule has 1 aliphatic rings. The van der Waals surface area contributed by atoms with Crippen LogP contribution < -0.4 is 5.32 Å². The Bertz CT molecular complexity index is 843. The van der Waals surface area contributed by atoms with E-state index in [0.717, 1.165) is 24.2 Å². The Balaban J connectivity index is 1.66. The van der Waals surface area contributed by atoms with Crippen LogP contribution in [-0.2, 0) is 16.6 Å². The van der Waals surface area contributed by atoms with Crippen molar-refractivity contribution in [1.29, 1.82) is 0 Å². The van der Waals surface area contributed by atoms with Crippen LogP contribution in [0.25, 0.3) is 0 Å². The van der Waals surface area contributed by atoms with Gasteiger partial charge in [-0.05, 0) is 37.1 Å². The molecule has 0 aliphatic carbocycles. The smallest absolute Gasteiger partial charge is 0.254 e. The molecule has 2 heterocycles. The van der Waals surface area contributed by atoms with Gasteiger partial charge < -0.3 is 5.32 Å². The molecule has 0 atom stereocenters. The van der Waals surface area contributed by atoms with Crippen LogP contribution in [0.5, 0.6) is 0 Å². The maximum Gasteiger partial charge on any atom is 0.254 e. The van der Waals surface area contributed by atoms with Gasteiger partial charge in [-0.25, -0.2) is 12.8 Å². The van der Waals surface area contributed by atoms with Crippen molar-refractivity contribution >= 4 is 27.3 Å². The average Bonchev–Trinajstić information content (AvgIpc) is 3.25. The first kappa shape index (κ1) is 17.1. The lowest BCUT2D eigenvalue weighted by molar-refractivity contribution is 0.0947. The number of amides is 1. The van der Waals surface area contributed by atoms with Crippen LogP contribution in [0, 0.1) is 5.82 Å². The fraction of sp³-hybridized carbons (Fsp3) is 0.312. The van der Waals surface area contributed by atoms with Crippen molar-refractivity contribution in [3.63, 3.8) is 0 Å². The highest BCUT2D eigenvalue weighted by molar-refractivity contribution is 7.91. The summed E-state index contributed by atoms with van der Waals surface area (Å²) in [5.41, 5.74) is -0.0287. The van der Waals surface area contributed by atoms with Crippen LogP contribution in [0.3, 0.4) is 0 Å². The molecule has 1 aromatic carbocycles. The minimum atomic E-state index is -3.44. The molecule has 128 valence electrons. The molecule has 1 amide bonds. The molecular formula is C16H17FN2O3S2. The second-order valence-electron chi connectivity index (χ2n) is 5.49. The lowest BCUT2D eigenvalue weighted by atomic mass is 10.2. The van der Waals surface area contributed by atoms with E-state index in [4.69, 9.17) is 0 Å². The fourth-order valence-electron chi connectivity index (χ4n) is 2.56. The van der Waals surface area contributed by atoms with E-state index in [1.54, 1.807) is 18.2 Å². The van der Waals surface area contributed by atoms with Crippen molar-refractivity contribution in [1.82, 2.24) is 9.62 Å². The molecule has 1 N–H and O–H groups in total. The standard InChI is InChI=1S/C16H17FN2O3S2/c17-14-6-2-1-5-13(14)16(20)18-11-12-7-8-15(23-12)24(21,22)19-9-3-4-10-19/h1-2,5-8H,3-4,9-11H2,(H,18,20). The number of hydrogen-bond acceptors (Lipinski definition) is 4. The Morgan fingerprint density at radius 3 is 2.58 bits per heavy atom. The van der Waals surface area contributed by atoms with Gasteiger partial charge in [0.15, 0.2) is 0 Å². The third-order valence-electron chi connectivity index (χ3n) is 3.84. The van der Waals surface area contributed by atoms with Gasteiger partial charge in [0.1, 0.15) is 10.0 Å². The van der Waals surface area contributed by atoms with Crippen LogP contribution in [0.1, 0.15) is 28.1 Å². The molecule has 1 aliphatic heterocycles. The Kier molecular flexibility index (Phi) is 4.98. The topological polar surface area (TPSA) is 66.5 Å². The van der Waals surface area contributed by atoms with E-state index >= 15 is 0 Å². The average molecular weight is 368 g/mol. The zero-order valence-corrected chi connectivity index (χ0v) is 14.5. The van der Waals surface area contributed by atoms with E-state index < -0.39 is 21.7 Å². The van der Waals surface area contributed by atoms with Gasteiger partial charge in [0, 0.05) is 18.0 Å². The number of nitrogens with zero attached hydrogens (tertiary/aromatic N) is 1. The first-order chi connectivity index (χ1) is 11.5. The van der Waals surface area contributed by atoms with Crippen molar-refractivity contribution in [2.45, 2.75) is 23.6 Å². The second-order valence-corrected chi connectivity index (χ2v) is 8.83. The van der Waals surface area contributed by atoms with E-state index in [1.165, 1.54) is 22.5 Å². The third kappa shape index (κ3) is 3.50. The Labute approximate surface area is 144 Å². The SMILES string of the molecule is O=C(NCc1ccc(S(=O)(=O)N2CCCC2)s1)c1ccccc1F. The van der Waals surface area contributed by atoms with Crippen LogP contribution >= 0.6 is 11.3 Å². The van der Waals surface area contributed by atoms with Gasteiger partial charge in [0.05, 0.1) is 12.1 Å². The maximum atomic E-state index is 13.6. The van der Waals surface area contributed by atoms with Gasteiger partial charge in [-0.3, -0.25) is 4.79 Å². The first-order valence-electron chi connectivity index (χ1n) is 7.60. The number of rotatable bonds is 5. The van der Waals surface area contributed by atoms with Crippen LogP contribution in [0.4, 0.5) is 4.39 Å². The van der Waals surface area contributed by atoms with E-state index in [-0.39, 0.29) is 16.3 Å².